The Labute approximate surface area is 154 Å². The Morgan fingerprint density at radius 1 is 1.08 bits per heavy atom. The van der Waals surface area contributed by atoms with Gasteiger partial charge in [-0.1, -0.05) is 29.8 Å². The van der Waals surface area contributed by atoms with Crippen LogP contribution in [-0.2, 0) is 0 Å². The second-order valence-electron chi connectivity index (χ2n) is 6.87. The van der Waals surface area contributed by atoms with Gasteiger partial charge in [0.25, 0.3) is 0 Å². The molecule has 0 aliphatic heterocycles. The molecule has 1 N–H and O–H groups in total. The molecule has 3 aromatic rings. The first-order valence-corrected chi connectivity index (χ1v) is 8.76. The third-order valence-corrected chi connectivity index (χ3v) is 4.41. The highest BCUT2D eigenvalue weighted by Gasteiger charge is 2.14. The largest absolute Gasteiger partial charge is 0.367 e. The lowest BCUT2D eigenvalue weighted by Gasteiger charge is -2.25. The van der Waals surface area contributed by atoms with Crippen molar-refractivity contribution in [2.75, 3.05) is 26.0 Å². The van der Waals surface area contributed by atoms with Crippen LogP contribution in [0.3, 0.4) is 0 Å². The van der Waals surface area contributed by atoms with E-state index in [1.54, 1.807) is 12.4 Å². The molecule has 3 rings (SSSR count). The van der Waals surface area contributed by atoms with Gasteiger partial charge in [-0.2, -0.15) is 5.10 Å². The van der Waals surface area contributed by atoms with Crippen molar-refractivity contribution in [3.8, 4) is 5.82 Å². The Kier molecular flexibility index (Phi) is 5.32. The molecule has 0 saturated heterocycles. The van der Waals surface area contributed by atoms with Crippen LogP contribution in [0.15, 0.2) is 42.7 Å². The van der Waals surface area contributed by atoms with Crippen LogP contribution in [0.2, 0.25) is 0 Å². The zero-order chi connectivity index (χ0) is 18.7. The van der Waals surface area contributed by atoms with Crippen LogP contribution < -0.4 is 5.32 Å². The minimum atomic E-state index is 0.245. The maximum Gasteiger partial charge on any atom is 0.174 e. The molecule has 136 valence electrons. The van der Waals surface area contributed by atoms with Gasteiger partial charge in [-0.3, -0.25) is 4.98 Å². The molecule has 0 aliphatic rings. The predicted molar refractivity (Wildman–Crippen MR) is 105 cm³/mol. The summed E-state index contributed by atoms with van der Waals surface area (Å²) in [5.74, 6) is 1.46. The highest BCUT2D eigenvalue weighted by molar-refractivity contribution is 5.37. The van der Waals surface area contributed by atoms with E-state index in [0.717, 1.165) is 29.6 Å². The normalized spacial score (nSPS) is 12.4. The monoisotopic (exact) mass is 350 g/mol. The van der Waals surface area contributed by atoms with Gasteiger partial charge in [0.2, 0.25) is 0 Å². The van der Waals surface area contributed by atoms with E-state index >= 15 is 0 Å². The first-order valence-electron chi connectivity index (χ1n) is 8.76. The van der Waals surface area contributed by atoms with Crippen molar-refractivity contribution in [2.45, 2.75) is 26.8 Å². The first kappa shape index (κ1) is 18.1. The first-order chi connectivity index (χ1) is 12.4. The highest BCUT2D eigenvalue weighted by Crippen LogP contribution is 2.20. The number of nitrogens with zero attached hydrogens (tertiary/aromatic N) is 5. The summed E-state index contributed by atoms with van der Waals surface area (Å²) in [5.41, 5.74) is 4.55. The maximum atomic E-state index is 4.66. The fraction of sp³-hybridized carbons (Fsp3) is 0.350. The van der Waals surface area contributed by atoms with E-state index in [-0.39, 0.29) is 6.04 Å². The van der Waals surface area contributed by atoms with Crippen molar-refractivity contribution in [2.24, 2.45) is 0 Å². The number of rotatable bonds is 6. The van der Waals surface area contributed by atoms with Crippen molar-refractivity contribution in [1.82, 2.24) is 24.6 Å². The number of hydrogen-bond donors (Lipinski definition) is 1. The summed E-state index contributed by atoms with van der Waals surface area (Å²) in [6.07, 6.45) is 3.48. The highest BCUT2D eigenvalue weighted by atomic mass is 15.3. The summed E-state index contributed by atoms with van der Waals surface area (Å²) in [6.45, 7) is 6.83. The van der Waals surface area contributed by atoms with Gasteiger partial charge in [-0.05, 0) is 46.5 Å². The lowest BCUT2D eigenvalue weighted by Crippen LogP contribution is -2.27. The minimum absolute atomic E-state index is 0.245. The second-order valence-corrected chi connectivity index (χ2v) is 6.87. The van der Waals surface area contributed by atoms with E-state index in [0.29, 0.717) is 0 Å². The summed E-state index contributed by atoms with van der Waals surface area (Å²) >= 11 is 0. The fourth-order valence-electron chi connectivity index (χ4n) is 2.99. The number of nitrogens with one attached hydrogen (secondary N) is 1. The Morgan fingerprint density at radius 2 is 1.81 bits per heavy atom. The molecule has 2 aromatic heterocycles. The Morgan fingerprint density at radius 3 is 2.42 bits per heavy atom. The van der Waals surface area contributed by atoms with Crippen LogP contribution in [0.4, 0.5) is 5.82 Å². The van der Waals surface area contributed by atoms with Crippen LogP contribution in [0.1, 0.15) is 28.6 Å². The summed E-state index contributed by atoms with van der Waals surface area (Å²) in [7, 11) is 4.17. The summed E-state index contributed by atoms with van der Waals surface area (Å²) < 4.78 is 1.82. The molecule has 0 fully saturated rings. The molecule has 0 saturated carbocycles. The number of aryl methyl sites for hydroxylation is 3. The molecule has 0 spiro atoms. The van der Waals surface area contributed by atoms with Gasteiger partial charge >= 0.3 is 0 Å². The molecular weight excluding hydrogens is 324 g/mol. The predicted octanol–water partition coefficient (Wildman–Crippen LogP) is 3.30. The zero-order valence-corrected chi connectivity index (χ0v) is 16.1. The van der Waals surface area contributed by atoms with E-state index in [9.17, 15) is 0 Å². The fourth-order valence-corrected chi connectivity index (χ4v) is 2.99. The number of likely N-dealkylation sites (N-methyl/N-ethyl adjacent to an activating group) is 1. The molecule has 6 heteroatoms. The number of anilines is 1. The van der Waals surface area contributed by atoms with Crippen molar-refractivity contribution in [3.05, 3.63) is 65.2 Å². The van der Waals surface area contributed by atoms with Gasteiger partial charge in [0.15, 0.2) is 5.82 Å². The topological polar surface area (TPSA) is 58.9 Å². The maximum absolute atomic E-state index is 4.66. The molecule has 2 heterocycles. The standard InChI is InChI=1S/C20H26N6/c1-14-6-8-17(9-7-14)18(25(4)5)11-22-19-12-21-13-20(23-19)26-16(3)10-15(2)24-26/h6-10,12-13,18H,11H2,1-5H3,(H,22,23). The van der Waals surface area contributed by atoms with Crippen molar-refractivity contribution in [1.29, 1.82) is 0 Å². The van der Waals surface area contributed by atoms with Crippen LogP contribution >= 0.6 is 0 Å². The minimum Gasteiger partial charge on any atom is -0.367 e. The van der Waals surface area contributed by atoms with E-state index < -0.39 is 0 Å². The third-order valence-electron chi connectivity index (χ3n) is 4.41. The number of benzene rings is 1. The van der Waals surface area contributed by atoms with E-state index in [4.69, 9.17) is 0 Å². The molecule has 6 nitrogen and oxygen atoms in total. The smallest absolute Gasteiger partial charge is 0.174 e. The average molecular weight is 350 g/mol. The van der Waals surface area contributed by atoms with Crippen LogP contribution in [0.25, 0.3) is 5.82 Å². The summed E-state index contributed by atoms with van der Waals surface area (Å²) in [5, 5.41) is 7.90. The SMILES string of the molecule is Cc1ccc(C(CNc2cncc(-n3nc(C)cc3C)n2)N(C)C)cc1. The lowest BCUT2D eigenvalue weighted by molar-refractivity contribution is 0.311. The molecule has 0 radical (unpaired) electrons. The van der Waals surface area contributed by atoms with Crippen LogP contribution in [0, 0.1) is 20.8 Å². The Hall–Kier alpha value is -2.73. The molecule has 26 heavy (non-hydrogen) atoms. The van der Waals surface area contributed by atoms with E-state index in [1.165, 1.54) is 11.1 Å². The zero-order valence-electron chi connectivity index (χ0n) is 16.1. The molecule has 0 bridgehead atoms. The van der Waals surface area contributed by atoms with Crippen molar-refractivity contribution < 1.29 is 0 Å². The average Bonchev–Trinajstić information content (AvgIpc) is 2.95. The molecule has 1 unspecified atom stereocenters. The molecule has 0 aliphatic carbocycles. The Balaban J connectivity index is 1.77. The van der Waals surface area contributed by atoms with Crippen molar-refractivity contribution in [3.63, 3.8) is 0 Å². The van der Waals surface area contributed by atoms with Gasteiger partial charge in [0.1, 0.15) is 5.82 Å². The number of hydrogen-bond acceptors (Lipinski definition) is 5. The van der Waals surface area contributed by atoms with Gasteiger partial charge in [-0.25, -0.2) is 9.67 Å². The third kappa shape index (κ3) is 4.08. The van der Waals surface area contributed by atoms with E-state index in [1.807, 2.05) is 24.6 Å². The number of aromatic nitrogens is 4. The van der Waals surface area contributed by atoms with Gasteiger partial charge in [0, 0.05) is 12.2 Å². The van der Waals surface area contributed by atoms with Gasteiger partial charge in [-0.15, -0.1) is 0 Å². The molecular formula is C20H26N6. The van der Waals surface area contributed by atoms with E-state index in [2.05, 4.69) is 70.6 Å². The molecule has 1 aromatic carbocycles. The van der Waals surface area contributed by atoms with Crippen LogP contribution in [0.5, 0.6) is 0 Å². The molecule has 1 atom stereocenters. The second kappa shape index (κ2) is 7.66. The molecule has 0 amide bonds. The van der Waals surface area contributed by atoms with Crippen LogP contribution in [-0.4, -0.2) is 45.3 Å². The quantitative estimate of drug-likeness (QED) is 0.739. The lowest BCUT2D eigenvalue weighted by atomic mass is 10.0. The van der Waals surface area contributed by atoms with Gasteiger partial charge in [0.05, 0.1) is 24.1 Å². The Bertz CT molecular complexity index is 866. The van der Waals surface area contributed by atoms with Crippen molar-refractivity contribution >= 4 is 5.82 Å². The van der Waals surface area contributed by atoms with Gasteiger partial charge < -0.3 is 10.2 Å². The summed E-state index contributed by atoms with van der Waals surface area (Å²) in [4.78, 5) is 11.2. The summed E-state index contributed by atoms with van der Waals surface area (Å²) in [6, 6.07) is 10.9.